The van der Waals surface area contributed by atoms with Gasteiger partial charge in [-0.25, -0.2) is 5.43 Å². The molecule has 1 amide bonds. The lowest BCUT2D eigenvalue weighted by molar-refractivity contribution is -0.123. The Bertz CT molecular complexity index is 1340. The number of amides is 1. The molecule has 2 heterocycles. The maximum Gasteiger partial charge on any atom is 0.277 e. The second-order valence-corrected chi connectivity index (χ2v) is 7.86. The number of phenolic OH excluding ortho intramolecular Hbond substituents is 1. The minimum atomic E-state index is -0.422. The number of benzene rings is 2. The van der Waals surface area contributed by atoms with Gasteiger partial charge in [0, 0.05) is 28.4 Å². The SMILES string of the molecule is Cc1cc(/C=N/NC(=O)COc2cccc3cccnc23)c(O)c(Cn2nc(C)cc2C)c1. The molecule has 0 fully saturated rings. The minimum Gasteiger partial charge on any atom is -0.507 e. The van der Waals surface area contributed by atoms with E-state index in [2.05, 4.69) is 20.6 Å². The van der Waals surface area contributed by atoms with E-state index in [9.17, 15) is 9.90 Å². The Labute approximate surface area is 191 Å². The predicted molar refractivity (Wildman–Crippen MR) is 127 cm³/mol. The average molecular weight is 444 g/mol. The molecule has 168 valence electrons. The summed E-state index contributed by atoms with van der Waals surface area (Å²) in [5.74, 6) is 0.204. The van der Waals surface area contributed by atoms with Crippen LogP contribution in [0.3, 0.4) is 0 Å². The Morgan fingerprint density at radius 2 is 2.00 bits per heavy atom. The summed E-state index contributed by atoms with van der Waals surface area (Å²) in [5, 5.41) is 20.1. The quantitative estimate of drug-likeness (QED) is 0.335. The molecule has 0 saturated carbocycles. The molecule has 2 aromatic heterocycles. The lowest BCUT2D eigenvalue weighted by Crippen LogP contribution is -2.24. The zero-order valence-electron chi connectivity index (χ0n) is 18.7. The van der Waals surface area contributed by atoms with E-state index in [0.717, 1.165) is 27.9 Å². The standard InChI is InChI=1S/C25H25N5O3/c1-16-10-20(25(32)21(11-16)14-30-18(3)12-17(2)29-30)13-27-28-23(31)15-33-22-8-4-6-19-7-5-9-26-24(19)22/h4-13,32H,14-15H2,1-3H3,(H,28,31)/b27-13+. The summed E-state index contributed by atoms with van der Waals surface area (Å²) in [7, 11) is 0. The fourth-order valence-electron chi connectivity index (χ4n) is 3.64. The zero-order chi connectivity index (χ0) is 23.4. The third-order valence-corrected chi connectivity index (χ3v) is 5.13. The molecule has 8 nitrogen and oxygen atoms in total. The van der Waals surface area contributed by atoms with E-state index in [0.29, 0.717) is 23.4 Å². The van der Waals surface area contributed by atoms with Gasteiger partial charge in [0.05, 0.1) is 18.5 Å². The number of nitrogens with one attached hydrogen (secondary N) is 1. The van der Waals surface area contributed by atoms with Crippen molar-refractivity contribution in [1.29, 1.82) is 0 Å². The van der Waals surface area contributed by atoms with Gasteiger partial charge < -0.3 is 9.84 Å². The molecule has 8 heteroatoms. The van der Waals surface area contributed by atoms with Crippen molar-refractivity contribution < 1.29 is 14.6 Å². The first-order valence-electron chi connectivity index (χ1n) is 10.5. The number of aryl methyl sites for hydroxylation is 3. The maximum absolute atomic E-state index is 12.2. The van der Waals surface area contributed by atoms with Crippen molar-refractivity contribution in [2.75, 3.05) is 6.61 Å². The van der Waals surface area contributed by atoms with Crippen molar-refractivity contribution in [2.24, 2.45) is 5.10 Å². The lowest BCUT2D eigenvalue weighted by atomic mass is 10.1. The first-order chi connectivity index (χ1) is 15.9. The highest BCUT2D eigenvalue weighted by molar-refractivity contribution is 5.87. The Hall–Kier alpha value is -4.20. The second-order valence-electron chi connectivity index (χ2n) is 7.86. The number of carbonyl (C=O) groups is 1. The van der Waals surface area contributed by atoms with Crippen molar-refractivity contribution in [3.05, 3.63) is 82.8 Å². The Balaban J connectivity index is 1.41. The minimum absolute atomic E-state index is 0.101. The molecule has 4 rings (SSSR count). The second kappa shape index (κ2) is 9.52. The molecule has 0 saturated heterocycles. The summed E-state index contributed by atoms with van der Waals surface area (Å²) < 4.78 is 7.46. The van der Waals surface area contributed by atoms with E-state index in [-0.39, 0.29) is 12.4 Å². The van der Waals surface area contributed by atoms with Crippen molar-refractivity contribution >= 4 is 23.0 Å². The number of rotatable bonds is 7. The van der Waals surface area contributed by atoms with E-state index in [1.54, 1.807) is 18.3 Å². The number of hydrazone groups is 1. The molecule has 4 aromatic rings. The van der Waals surface area contributed by atoms with Crippen LogP contribution in [0.4, 0.5) is 0 Å². The molecule has 0 aliphatic carbocycles. The number of hydrogen-bond donors (Lipinski definition) is 2. The summed E-state index contributed by atoms with van der Waals surface area (Å²) >= 11 is 0. The third-order valence-electron chi connectivity index (χ3n) is 5.13. The van der Waals surface area contributed by atoms with Gasteiger partial charge in [-0.1, -0.05) is 24.3 Å². The van der Waals surface area contributed by atoms with Crippen molar-refractivity contribution in [2.45, 2.75) is 27.3 Å². The molecule has 0 bridgehead atoms. The van der Waals surface area contributed by atoms with E-state index in [1.165, 1.54) is 6.21 Å². The van der Waals surface area contributed by atoms with Crippen LogP contribution in [-0.2, 0) is 11.3 Å². The van der Waals surface area contributed by atoms with Crippen LogP contribution in [0.1, 0.15) is 28.1 Å². The van der Waals surface area contributed by atoms with E-state index in [4.69, 9.17) is 4.74 Å². The number of phenols is 1. The monoisotopic (exact) mass is 443 g/mol. The number of aromatic nitrogens is 3. The number of nitrogens with zero attached hydrogens (tertiary/aromatic N) is 4. The molecule has 33 heavy (non-hydrogen) atoms. The van der Waals surface area contributed by atoms with Crippen LogP contribution in [0.25, 0.3) is 10.9 Å². The summed E-state index contributed by atoms with van der Waals surface area (Å²) in [6.45, 7) is 6.07. The van der Waals surface area contributed by atoms with Gasteiger partial charge in [-0.2, -0.15) is 10.2 Å². The van der Waals surface area contributed by atoms with Crippen molar-refractivity contribution in [3.63, 3.8) is 0 Å². The van der Waals surface area contributed by atoms with Crippen LogP contribution < -0.4 is 10.2 Å². The predicted octanol–water partition coefficient (Wildman–Crippen LogP) is 3.64. The van der Waals surface area contributed by atoms with E-state index >= 15 is 0 Å². The summed E-state index contributed by atoms with van der Waals surface area (Å²) in [6, 6.07) is 15.0. The van der Waals surface area contributed by atoms with Crippen molar-refractivity contribution in [1.82, 2.24) is 20.2 Å². The number of aromatic hydroxyl groups is 1. The van der Waals surface area contributed by atoms with Gasteiger partial charge in [0.25, 0.3) is 5.91 Å². The van der Waals surface area contributed by atoms with Gasteiger partial charge in [0.15, 0.2) is 6.61 Å². The fourth-order valence-corrected chi connectivity index (χ4v) is 3.64. The van der Waals surface area contributed by atoms with Gasteiger partial charge >= 0.3 is 0 Å². The van der Waals surface area contributed by atoms with E-state index in [1.807, 2.05) is 61.9 Å². The molecule has 0 spiro atoms. The molecule has 0 atom stereocenters. The molecular weight excluding hydrogens is 418 g/mol. The number of hydrogen-bond acceptors (Lipinski definition) is 6. The van der Waals surface area contributed by atoms with Crippen LogP contribution >= 0.6 is 0 Å². The van der Waals surface area contributed by atoms with Crippen LogP contribution in [0.2, 0.25) is 0 Å². The average Bonchev–Trinajstić information content (AvgIpc) is 3.11. The Morgan fingerprint density at radius 1 is 1.18 bits per heavy atom. The first kappa shape index (κ1) is 22.0. The fraction of sp³-hybridized carbons (Fsp3) is 0.200. The van der Waals surface area contributed by atoms with Gasteiger partial charge in [-0.05, 0) is 50.6 Å². The van der Waals surface area contributed by atoms with Crippen LogP contribution in [0.5, 0.6) is 11.5 Å². The number of fused-ring (bicyclic) bond motifs is 1. The molecule has 2 aromatic carbocycles. The molecule has 0 aliphatic heterocycles. The third kappa shape index (κ3) is 5.17. The highest BCUT2D eigenvalue weighted by Gasteiger charge is 2.11. The van der Waals surface area contributed by atoms with Crippen LogP contribution in [-0.4, -0.2) is 38.6 Å². The zero-order valence-corrected chi connectivity index (χ0v) is 18.7. The van der Waals surface area contributed by atoms with E-state index < -0.39 is 5.91 Å². The molecule has 2 N–H and O–H groups in total. The first-order valence-corrected chi connectivity index (χ1v) is 10.5. The normalized spacial score (nSPS) is 11.2. The Morgan fingerprint density at radius 3 is 2.79 bits per heavy atom. The summed E-state index contributed by atoms with van der Waals surface area (Å²) in [5.41, 5.74) is 7.25. The van der Waals surface area contributed by atoms with Crippen LogP contribution in [0, 0.1) is 20.8 Å². The smallest absolute Gasteiger partial charge is 0.277 e. The van der Waals surface area contributed by atoms with Gasteiger partial charge in [-0.15, -0.1) is 0 Å². The number of pyridine rings is 1. The van der Waals surface area contributed by atoms with Crippen molar-refractivity contribution in [3.8, 4) is 11.5 Å². The molecular formula is C25H25N5O3. The molecule has 0 radical (unpaired) electrons. The van der Waals surface area contributed by atoms with Gasteiger partial charge in [-0.3, -0.25) is 14.5 Å². The largest absolute Gasteiger partial charge is 0.507 e. The molecule has 0 aliphatic rings. The Kier molecular flexibility index (Phi) is 6.35. The summed E-state index contributed by atoms with van der Waals surface area (Å²) in [6.07, 6.45) is 3.10. The van der Waals surface area contributed by atoms with Gasteiger partial charge in [0.2, 0.25) is 0 Å². The topological polar surface area (TPSA) is 102 Å². The maximum atomic E-state index is 12.2. The number of ether oxygens (including phenoxy) is 1. The number of para-hydroxylation sites is 1. The van der Waals surface area contributed by atoms with Gasteiger partial charge in [0.1, 0.15) is 17.0 Å². The highest BCUT2D eigenvalue weighted by Crippen LogP contribution is 2.25. The highest BCUT2D eigenvalue weighted by atomic mass is 16.5. The van der Waals surface area contributed by atoms with Crippen LogP contribution in [0.15, 0.2) is 59.8 Å². The summed E-state index contributed by atoms with van der Waals surface area (Å²) in [4.78, 5) is 16.5. The molecule has 0 unspecified atom stereocenters. The lowest BCUT2D eigenvalue weighted by Gasteiger charge is -2.11. The number of carbonyl (C=O) groups excluding carboxylic acids is 1.